The number of nitrogens with zero attached hydrogens (tertiary/aromatic N) is 4. The molecule has 146 valence electrons. The minimum absolute atomic E-state index is 0.0560. The number of amides is 2. The number of piperidine rings is 1. The van der Waals surface area contributed by atoms with Crippen LogP contribution in [0.25, 0.3) is 0 Å². The van der Waals surface area contributed by atoms with Gasteiger partial charge in [-0.1, -0.05) is 31.8 Å². The molecule has 0 aromatic carbocycles. The molecule has 7 heteroatoms. The highest BCUT2D eigenvalue weighted by atomic mass is 16.5. The standard InChI is InChI=1S/C19H33N5O2/c1-14(2)12-18-21-17(22-26-18)13-23(3)19(25)20-15-8-10-24(11-9-15)16-6-4-5-7-16/h14-16H,4-13H2,1-3H3,(H,20,25). The lowest BCUT2D eigenvalue weighted by atomic mass is 10.0. The monoisotopic (exact) mass is 363 g/mol. The fourth-order valence-electron chi connectivity index (χ4n) is 4.03. The molecule has 1 saturated heterocycles. The summed E-state index contributed by atoms with van der Waals surface area (Å²) in [5, 5.41) is 7.14. The molecule has 1 aromatic rings. The van der Waals surface area contributed by atoms with Crippen LogP contribution in [-0.2, 0) is 13.0 Å². The van der Waals surface area contributed by atoms with Crippen LogP contribution in [0.1, 0.15) is 64.1 Å². The van der Waals surface area contributed by atoms with Gasteiger partial charge in [-0.3, -0.25) is 0 Å². The second kappa shape index (κ2) is 8.84. The zero-order valence-electron chi connectivity index (χ0n) is 16.4. The lowest BCUT2D eigenvalue weighted by molar-refractivity contribution is 0.141. The number of hydrogen-bond donors (Lipinski definition) is 1. The number of urea groups is 1. The average Bonchev–Trinajstić information content (AvgIpc) is 3.27. The van der Waals surface area contributed by atoms with Crippen molar-refractivity contribution in [3.05, 3.63) is 11.7 Å². The predicted octanol–water partition coefficient (Wildman–Crippen LogP) is 2.82. The summed E-state index contributed by atoms with van der Waals surface area (Å²) in [6.45, 7) is 6.79. The van der Waals surface area contributed by atoms with Crippen molar-refractivity contribution < 1.29 is 9.32 Å². The van der Waals surface area contributed by atoms with Gasteiger partial charge in [0.1, 0.15) is 0 Å². The van der Waals surface area contributed by atoms with Crippen molar-refractivity contribution in [3.8, 4) is 0 Å². The van der Waals surface area contributed by atoms with Crippen LogP contribution in [0.3, 0.4) is 0 Å². The van der Waals surface area contributed by atoms with E-state index < -0.39 is 0 Å². The Labute approximate surface area is 156 Å². The van der Waals surface area contributed by atoms with Crippen molar-refractivity contribution >= 4 is 6.03 Å². The van der Waals surface area contributed by atoms with Crippen molar-refractivity contribution in [2.75, 3.05) is 20.1 Å². The van der Waals surface area contributed by atoms with E-state index in [2.05, 4.69) is 34.2 Å². The fourth-order valence-corrected chi connectivity index (χ4v) is 4.03. The van der Waals surface area contributed by atoms with Crippen LogP contribution in [0.5, 0.6) is 0 Å². The molecule has 3 rings (SSSR count). The topological polar surface area (TPSA) is 74.5 Å². The summed E-state index contributed by atoms with van der Waals surface area (Å²) in [5.41, 5.74) is 0. The largest absolute Gasteiger partial charge is 0.339 e. The summed E-state index contributed by atoms with van der Waals surface area (Å²) in [6.07, 6.45) is 8.30. The Morgan fingerprint density at radius 1 is 1.27 bits per heavy atom. The molecule has 1 saturated carbocycles. The van der Waals surface area contributed by atoms with Gasteiger partial charge in [-0.15, -0.1) is 0 Å². The van der Waals surface area contributed by atoms with Gasteiger partial charge >= 0.3 is 6.03 Å². The lowest BCUT2D eigenvalue weighted by Gasteiger charge is -2.36. The highest BCUT2D eigenvalue weighted by Crippen LogP contribution is 2.26. The first-order valence-corrected chi connectivity index (χ1v) is 10.1. The molecule has 0 radical (unpaired) electrons. The number of rotatable bonds is 6. The molecule has 0 bridgehead atoms. The number of hydrogen-bond acceptors (Lipinski definition) is 5. The second-order valence-electron chi connectivity index (χ2n) is 8.26. The van der Waals surface area contributed by atoms with E-state index in [9.17, 15) is 4.79 Å². The smallest absolute Gasteiger partial charge is 0.317 e. The fraction of sp³-hybridized carbons (Fsp3) is 0.842. The summed E-state index contributed by atoms with van der Waals surface area (Å²) in [5.74, 6) is 1.68. The first kappa shape index (κ1) is 19.1. The molecule has 2 heterocycles. The van der Waals surface area contributed by atoms with E-state index in [1.165, 1.54) is 25.7 Å². The molecule has 1 aromatic heterocycles. The Hall–Kier alpha value is -1.63. The number of aromatic nitrogens is 2. The SMILES string of the molecule is CC(C)Cc1nc(CN(C)C(=O)NC2CCN(C3CCCC3)CC2)no1. The lowest BCUT2D eigenvalue weighted by Crippen LogP contribution is -2.49. The van der Waals surface area contributed by atoms with Gasteiger partial charge in [-0.05, 0) is 31.6 Å². The molecule has 26 heavy (non-hydrogen) atoms. The quantitative estimate of drug-likeness (QED) is 0.841. The Bertz CT molecular complexity index is 574. The van der Waals surface area contributed by atoms with Crippen molar-refractivity contribution in [1.82, 2.24) is 25.3 Å². The van der Waals surface area contributed by atoms with Crippen LogP contribution < -0.4 is 5.32 Å². The average molecular weight is 364 g/mol. The number of nitrogens with one attached hydrogen (secondary N) is 1. The van der Waals surface area contributed by atoms with Crippen LogP contribution in [0, 0.1) is 5.92 Å². The van der Waals surface area contributed by atoms with Crippen LogP contribution >= 0.6 is 0 Å². The van der Waals surface area contributed by atoms with Crippen LogP contribution in [-0.4, -0.2) is 58.2 Å². The minimum Gasteiger partial charge on any atom is -0.339 e. The molecule has 2 amide bonds. The molecule has 1 N–H and O–H groups in total. The molecular weight excluding hydrogens is 330 g/mol. The normalized spacial score (nSPS) is 20.0. The van der Waals surface area contributed by atoms with Crippen molar-refractivity contribution in [1.29, 1.82) is 0 Å². The van der Waals surface area contributed by atoms with Crippen molar-refractivity contribution in [2.24, 2.45) is 5.92 Å². The Balaban J connectivity index is 1.41. The highest BCUT2D eigenvalue weighted by molar-refractivity contribution is 5.74. The maximum atomic E-state index is 12.5. The first-order valence-electron chi connectivity index (χ1n) is 10.1. The van der Waals surface area contributed by atoms with E-state index in [-0.39, 0.29) is 12.1 Å². The Kier molecular flexibility index (Phi) is 6.51. The van der Waals surface area contributed by atoms with Gasteiger partial charge in [0.25, 0.3) is 0 Å². The van der Waals surface area contributed by atoms with E-state index >= 15 is 0 Å². The highest BCUT2D eigenvalue weighted by Gasteiger charge is 2.28. The Morgan fingerprint density at radius 3 is 2.62 bits per heavy atom. The summed E-state index contributed by atoms with van der Waals surface area (Å²) < 4.78 is 5.24. The van der Waals surface area contributed by atoms with E-state index in [4.69, 9.17) is 4.52 Å². The maximum Gasteiger partial charge on any atom is 0.317 e. The van der Waals surface area contributed by atoms with Gasteiger partial charge in [0, 0.05) is 38.6 Å². The second-order valence-corrected chi connectivity index (χ2v) is 8.26. The molecule has 0 spiro atoms. The summed E-state index contributed by atoms with van der Waals surface area (Å²) in [4.78, 5) is 21.1. The van der Waals surface area contributed by atoms with E-state index in [0.29, 0.717) is 24.2 Å². The first-order chi connectivity index (χ1) is 12.5. The summed E-state index contributed by atoms with van der Waals surface area (Å²) >= 11 is 0. The molecule has 0 unspecified atom stereocenters. The molecule has 1 aliphatic carbocycles. The third-order valence-electron chi connectivity index (χ3n) is 5.52. The van der Waals surface area contributed by atoms with Gasteiger partial charge in [-0.25, -0.2) is 4.79 Å². The van der Waals surface area contributed by atoms with Gasteiger partial charge in [0.05, 0.1) is 6.54 Å². The van der Waals surface area contributed by atoms with Gasteiger partial charge in [0.2, 0.25) is 5.89 Å². The molecular formula is C19H33N5O2. The zero-order chi connectivity index (χ0) is 18.5. The van der Waals surface area contributed by atoms with E-state index in [1.54, 1.807) is 11.9 Å². The van der Waals surface area contributed by atoms with E-state index in [1.807, 2.05) is 0 Å². The summed E-state index contributed by atoms with van der Waals surface area (Å²) in [7, 11) is 1.78. The zero-order valence-corrected chi connectivity index (χ0v) is 16.4. The van der Waals surface area contributed by atoms with Crippen molar-refractivity contribution in [3.63, 3.8) is 0 Å². The molecule has 0 atom stereocenters. The Morgan fingerprint density at radius 2 is 1.96 bits per heavy atom. The van der Waals surface area contributed by atoms with Crippen molar-refractivity contribution in [2.45, 2.75) is 77.4 Å². The van der Waals surface area contributed by atoms with Gasteiger partial charge in [-0.2, -0.15) is 4.98 Å². The summed E-state index contributed by atoms with van der Waals surface area (Å²) in [6, 6.07) is 0.997. The van der Waals surface area contributed by atoms with Crippen LogP contribution in [0.4, 0.5) is 4.79 Å². The van der Waals surface area contributed by atoms with Gasteiger partial charge < -0.3 is 19.6 Å². The van der Waals surface area contributed by atoms with Crippen LogP contribution in [0.2, 0.25) is 0 Å². The van der Waals surface area contributed by atoms with Gasteiger partial charge in [0.15, 0.2) is 5.82 Å². The van der Waals surface area contributed by atoms with E-state index in [0.717, 1.165) is 38.4 Å². The molecule has 2 aliphatic rings. The number of carbonyl (C=O) groups is 1. The molecule has 1 aliphatic heterocycles. The third kappa shape index (κ3) is 5.19. The maximum absolute atomic E-state index is 12.5. The minimum atomic E-state index is -0.0560. The number of likely N-dealkylation sites (tertiary alicyclic amines) is 1. The number of carbonyl (C=O) groups excluding carboxylic acids is 1. The third-order valence-corrected chi connectivity index (χ3v) is 5.52. The predicted molar refractivity (Wildman–Crippen MR) is 99.7 cm³/mol. The molecule has 7 nitrogen and oxygen atoms in total. The van der Waals surface area contributed by atoms with Crippen LogP contribution in [0.15, 0.2) is 4.52 Å². The molecule has 2 fully saturated rings.